The molecule has 0 amide bonds. The topological polar surface area (TPSA) is 3.24 Å². The summed E-state index contributed by atoms with van der Waals surface area (Å²) in [6.45, 7) is 19.2. The van der Waals surface area contributed by atoms with Gasteiger partial charge in [-0.25, -0.2) is 0 Å². The van der Waals surface area contributed by atoms with Crippen LogP contribution < -0.4 is 0 Å². The van der Waals surface area contributed by atoms with Crippen molar-refractivity contribution >= 4 is 0 Å². The van der Waals surface area contributed by atoms with E-state index in [9.17, 15) is 0 Å². The summed E-state index contributed by atoms with van der Waals surface area (Å²) in [5, 5.41) is 0. The summed E-state index contributed by atoms with van der Waals surface area (Å²) < 4.78 is 0. The van der Waals surface area contributed by atoms with Gasteiger partial charge in [-0.1, -0.05) is 87.1 Å². The molecule has 1 heteroatoms. The Balaban J connectivity index is 6.42. The molecule has 0 saturated heterocycles. The average molecular weight is 332 g/mol. The van der Waals surface area contributed by atoms with Gasteiger partial charge in [0.2, 0.25) is 0 Å². The lowest BCUT2D eigenvalue weighted by Gasteiger charge is -2.28. The minimum absolute atomic E-state index is 0.954. The van der Waals surface area contributed by atoms with Crippen molar-refractivity contribution in [2.24, 2.45) is 0 Å². The summed E-state index contributed by atoms with van der Waals surface area (Å²) >= 11 is 0. The quantitative estimate of drug-likeness (QED) is 0.370. The Morgan fingerprint density at radius 3 is 1.44 bits per heavy atom. The van der Waals surface area contributed by atoms with Crippen LogP contribution in [-0.2, 0) is 0 Å². The second-order valence-electron chi connectivity index (χ2n) is 4.78. The first kappa shape index (κ1) is 21.9. The van der Waals surface area contributed by atoms with E-state index in [-0.39, 0.29) is 0 Å². The molecule has 0 aromatic heterocycles. The molecule has 130 valence electrons. The Hall–Kier alpha value is -3.06. The molecule has 0 heterocycles. The number of nitrogens with zero attached hydrogens (tertiary/aromatic N) is 1. The first-order chi connectivity index (χ1) is 12.2. The third-order valence-electron chi connectivity index (χ3n) is 3.02. The molecule has 0 aliphatic carbocycles. The van der Waals surface area contributed by atoms with Crippen molar-refractivity contribution < 1.29 is 0 Å². The summed E-state index contributed by atoms with van der Waals surface area (Å²) in [4.78, 5) is 2.11. The maximum Gasteiger partial charge on any atom is 0.0461 e. The minimum atomic E-state index is 0.954. The summed E-state index contributed by atoms with van der Waals surface area (Å²) in [6, 6.07) is 0. The van der Waals surface area contributed by atoms with Crippen LogP contribution >= 0.6 is 0 Å². The number of allylic oxidation sites excluding steroid dienone is 15. The third-order valence-corrected chi connectivity index (χ3v) is 3.02. The molecule has 0 N–H and O–H groups in total. The first-order valence-electron chi connectivity index (χ1n) is 8.19. The van der Waals surface area contributed by atoms with E-state index in [1.54, 1.807) is 24.3 Å². The van der Waals surface area contributed by atoms with Gasteiger partial charge in [0.05, 0.1) is 0 Å². The van der Waals surface area contributed by atoms with E-state index in [4.69, 9.17) is 0 Å². The van der Waals surface area contributed by atoms with Crippen molar-refractivity contribution in [2.45, 2.75) is 13.8 Å². The van der Waals surface area contributed by atoms with Crippen LogP contribution in [0.5, 0.6) is 0 Å². The summed E-state index contributed by atoms with van der Waals surface area (Å²) in [7, 11) is 0. The van der Waals surface area contributed by atoms with Crippen molar-refractivity contribution in [1.82, 2.24) is 4.90 Å². The lowest BCUT2D eigenvalue weighted by atomic mass is 10.2. The lowest BCUT2D eigenvalue weighted by molar-refractivity contribution is 0.577. The molecule has 0 spiro atoms. The molecule has 0 aromatic rings. The van der Waals surface area contributed by atoms with Gasteiger partial charge >= 0.3 is 0 Å². The Bertz CT molecular complexity index is 618. The summed E-state index contributed by atoms with van der Waals surface area (Å²) in [5.41, 5.74) is 2.92. The largest absolute Gasteiger partial charge is 0.311 e. The van der Waals surface area contributed by atoms with Gasteiger partial charge in [-0.2, -0.15) is 0 Å². The average Bonchev–Trinajstić information content (AvgIpc) is 2.62. The molecule has 0 radical (unpaired) electrons. The second-order valence-corrected chi connectivity index (χ2v) is 4.78. The van der Waals surface area contributed by atoms with E-state index in [1.807, 2.05) is 68.5 Å². The third kappa shape index (κ3) is 8.38. The molecule has 0 saturated carbocycles. The zero-order chi connectivity index (χ0) is 18.9. The van der Waals surface area contributed by atoms with Crippen LogP contribution in [0.1, 0.15) is 13.8 Å². The molecule has 0 fully saturated rings. The van der Waals surface area contributed by atoms with Crippen LogP contribution in [0.2, 0.25) is 0 Å². The number of hydrogen-bond acceptors (Lipinski definition) is 1. The molecule has 0 rings (SSSR count). The van der Waals surface area contributed by atoms with E-state index in [0.717, 1.165) is 17.1 Å². The molecule has 0 unspecified atom stereocenters. The van der Waals surface area contributed by atoms with E-state index < -0.39 is 0 Å². The molecule has 0 bridgehead atoms. The molecule has 0 aliphatic rings. The van der Waals surface area contributed by atoms with Gasteiger partial charge in [-0.15, -0.1) is 0 Å². The highest BCUT2D eigenvalue weighted by Crippen LogP contribution is 2.24. The van der Waals surface area contributed by atoms with Crippen molar-refractivity contribution in [2.75, 3.05) is 0 Å². The fraction of sp³-hybridized carbons (Fsp3) is 0.0833. The zero-order valence-corrected chi connectivity index (χ0v) is 15.4. The predicted molar refractivity (Wildman–Crippen MR) is 115 cm³/mol. The Kier molecular flexibility index (Phi) is 12.7. The molecule has 25 heavy (non-hydrogen) atoms. The van der Waals surface area contributed by atoms with Crippen LogP contribution in [0.3, 0.4) is 0 Å². The van der Waals surface area contributed by atoms with Crippen LogP contribution in [0.15, 0.2) is 135 Å². The Labute approximate surface area is 153 Å². The summed E-state index contributed by atoms with van der Waals surface area (Å²) in [6.07, 6.45) is 28.8. The van der Waals surface area contributed by atoms with E-state index >= 15 is 0 Å². The zero-order valence-electron chi connectivity index (χ0n) is 15.4. The van der Waals surface area contributed by atoms with Gasteiger partial charge in [-0.05, 0) is 44.2 Å². The highest BCUT2D eigenvalue weighted by atomic mass is 15.2. The van der Waals surface area contributed by atoms with Crippen molar-refractivity contribution in [3.8, 4) is 0 Å². The first-order valence-corrected chi connectivity index (χ1v) is 8.19. The molecular formula is C24H29N. The van der Waals surface area contributed by atoms with Crippen molar-refractivity contribution in [1.29, 1.82) is 0 Å². The van der Waals surface area contributed by atoms with Crippen LogP contribution in [0.25, 0.3) is 0 Å². The number of hydrogen-bond donors (Lipinski definition) is 0. The van der Waals surface area contributed by atoms with Gasteiger partial charge in [0, 0.05) is 17.1 Å². The minimum Gasteiger partial charge on any atom is -0.311 e. The fourth-order valence-corrected chi connectivity index (χ4v) is 2.00. The predicted octanol–water partition coefficient (Wildman–Crippen LogP) is 6.95. The van der Waals surface area contributed by atoms with Crippen molar-refractivity contribution in [3.05, 3.63) is 135 Å². The monoisotopic (exact) mass is 331 g/mol. The number of rotatable bonds is 11. The molecule has 0 aliphatic heterocycles. The van der Waals surface area contributed by atoms with E-state index in [1.165, 1.54) is 0 Å². The van der Waals surface area contributed by atoms with Crippen molar-refractivity contribution in [3.63, 3.8) is 0 Å². The summed E-state index contributed by atoms with van der Waals surface area (Å²) in [5.74, 6) is 0. The van der Waals surface area contributed by atoms with Gasteiger partial charge in [0.25, 0.3) is 0 Å². The smallest absolute Gasteiger partial charge is 0.0461 e. The van der Waals surface area contributed by atoms with Crippen LogP contribution in [0, 0.1) is 0 Å². The molecule has 1 nitrogen and oxygen atoms in total. The van der Waals surface area contributed by atoms with Crippen LogP contribution in [-0.4, -0.2) is 4.90 Å². The van der Waals surface area contributed by atoms with E-state index in [0.29, 0.717) is 0 Å². The van der Waals surface area contributed by atoms with E-state index in [2.05, 4.69) is 43.4 Å². The van der Waals surface area contributed by atoms with Gasteiger partial charge in [0.1, 0.15) is 0 Å². The highest BCUT2D eigenvalue weighted by Gasteiger charge is 2.13. The Morgan fingerprint density at radius 2 is 1.08 bits per heavy atom. The normalized spacial score (nSPS) is 13.9. The molecular weight excluding hydrogens is 302 g/mol. The maximum absolute atomic E-state index is 3.83. The van der Waals surface area contributed by atoms with Gasteiger partial charge in [0.15, 0.2) is 0 Å². The maximum atomic E-state index is 3.83. The van der Waals surface area contributed by atoms with Gasteiger partial charge < -0.3 is 4.90 Å². The molecule has 0 aromatic carbocycles. The highest BCUT2D eigenvalue weighted by molar-refractivity contribution is 5.41. The molecule has 0 atom stereocenters. The van der Waals surface area contributed by atoms with Gasteiger partial charge in [-0.3, -0.25) is 0 Å². The van der Waals surface area contributed by atoms with Crippen LogP contribution in [0.4, 0.5) is 0 Å². The SMILES string of the molecule is C=C/C=C\C(=C/C=C)N(C(/C=C\C=C/C)=C/C)C(/C=C\C=C)=C/C=C. The standard InChI is InChI=1S/C24H29N/c1-7-13-16-21-22(12-6)25(23(17-10-4)19-14-8-2)24(18-11-5)20-15-9-3/h7-21H,2-5H2,1,6H3/b13-7-,19-14-,20-15-,21-16-,22-12+,23-17+,24-18+. The lowest BCUT2D eigenvalue weighted by Crippen LogP contribution is -2.19. The Morgan fingerprint density at radius 1 is 0.600 bits per heavy atom. The fourth-order valence-electron chi connectivity index (χ4n) is 2.00. The second kappa shape index (κ2) is 14.5.